The molecule has 0 amide bonds. The van der Waals surface area contributed by atoms with Gasteiger partial charge in [0.25, 0.3) is 0 Å². The monoisotopic (exact) mass is 820 g/mol. The van der Waals surface area contributed by atoms with E-state index in [1.165, 1.54) is 38.5 Å². The van der Waals surface area contributed by atoms with Gasteiger partial charge in [0, 0.05) is 17.9 Å². The molecule has 2 aromatic carbocycles. The number of ether oxygens (including phenoxy) is 2. The number of rotatable bonds is 19. The van der Waals surface area contributed by atoms with Gasteiger partial charge in [0.2, 0.25) is 17.8 Å². The minimum Gasteiger partial charge on any atom is -0.462 e. The number of carbonyl (C=O) groups is 2. The van der Waals surface area contributed by atoms with Crippen molar-refractivity contribution in [3.63, 3.8) is 0 Å². The molecule has 2 saturated carbocycles. The number of nitrogens with zero attached hydrogens (tertiary/aromatic N) is 3. The van der Waals surface area contributed by atoms with Gasteiger partial charge in [-0.2, -0.15) is 15.0 Å². The second-order valence-electron chi connectivity index (χ2n) is 17.5. The molecule has 2 fully saturated rings. The van der Waals surface area contributed by atoms with Gasteiger partial charge in [-0.1, -0.05) is 38.5 Å². The van der Waals surface area contributed by atoms with Crippen LogP contribution in [0.15, 0.2) is 48.5 Å². The van der Waals surface area contributed by atoms with E-state index in [-0.39, 0.29) is 11.9 Å². The highest BCUT2D eigenvalue weighted by Crippen LogP contribution is 2.28. The fourth-order valence-electron chi connectivity index (χ4n) is 7.49. The van der Waals surface area contributed by atoms with Crippen molar-refractivity contribution in [1.82, 2.24) is 15.0 Å². The van der Waals surface area contributed by atoms with Crippen LogP contribution in [-0.2, 0) is 17.7 Å². The first-order valence-electron chi connectivity index (χ1n) is 20.6. The van der Waals surface area contributed by atoms with Gasteiger partial charge in [-0.05, 0) is 144 Å². The fourth-order valence-corrected chi connectivity index (χ4v) is 20.0. The number of aromatic nitrogens is 3. The maximum Gasteiger partial charge on any atom is 0.338 e. The standard InChI is InChI=1S/C41H64N6O6Si3/c1-54(2,3)52-56(7,53-55(4,5)6)28-14-27-42-39-45-40(43-35-23-19-33(20-24-35)37(48)50-29-31-15-10-8-11-16-31)47-41(46-39)44-36-25-21-34(22-26-36)38(49)51-30-32-17-12-9-13-18-32/h19-26,31-32H,8-18,27-30H2,1-7H3,(H3,42,43,44,45,46,47). The topological polar surface area (TPSA) is 146 Å². The number of nitrogens with one attached hydrogen (secondary N) is 3. The van der Waals surface area contributed by atoms with Crippen molar-refractivity contribution in [2.24, 2.45) is 11.8 Å². The minimum atomic E-state index is -2.40. The second kappa shape index (κ2) is 20.2. The lowest BCUT2D eigenvalue weighted by molar-refractivity contribution is 0.0402. The lowest BCUT2D eigenvalue weighted by Crippen LogP contribution is -2.52. The zero-order valence-electron chi connectivity index (χ0n) is 34.7. The Morgan fingerprint density at radius 1 is 0.589 bits per heavy atom. The van der Waals surface area contributed by atoms with Crippen LogP contribution >= 0.6 is 0 Å². The van der Waals surface area contributed by atoms with E-state index < -0.39 is 25.2 Å². The van der Waals surface area contributed by atoms with Gasteiger partial charge in [0.1, 0.15) is 0 Å². The molecule has 0 unspecified atom stereocenters. The van der Waals surface area contributed by atoms with Crippen LogP contribution in [0.5, 0.6) is 0 Å². The van der Waals surface area contributed by atoms with Gasteiger partial charge in [0.15, 0.2) is 16.6 Å². The summed E-state index contributed by atoms with van der Waals surface area (Å²) in [6.07, 6.45) is 12.7. The molecule has 1 heterocycles. The van der Waals surface area contributed by atoms with E-state index in [1.807, 2.05) is 24.3 Å². The summed E-state index contributed by atoms with van der Waals surface area (Å²) in [6, 6.07) is 15.1. The Kier molecular flexibility index (Phi) is 15.7. The van der Waals surface area contributed by atoms with Gasteiger partial charge in [-0.25, -0.2) is 9.59 Å². The molecule has 15 heteroatoms. The third kappa shape index (κ3) is 15.0. The van der Waals surface area contributed by atoms with Crippen molar-refractivity contribution < 1.29 is 27.3 Å². The van der Waals surface area contributed by atoms with E-state index in [4.69, 9.17) is 17.7 Å². The summed E-state index contributed by atoms with van der Waals surface area (Å²) in [5, 5.41) is 9.94. The van der Waals surface area contributed by atoms with Gasteiger partial charge in [-0.3, -0.25) is 0 Å². The van der Waals surface area contributed by atoms with Crippen LogP contribution in [0.2, 0.25) is 51.9 Å². The molecule has 0 radical (unpaired) electrons. The molecule has 2 aliphatic carbocycles. The van der Waals surface area contributed by atoms with Crippen molar-refractivity contribution in [2.75, 3.05) is 35.7 Å². The molecule has 3 N–H and O–H groups in total. The molecular weight excluding hydrogens is 757 g/mol. The van der Waals surface area contributed by atoms with Crippen LogP contribution in [0.25, 0.3) is 0 Å². The fraction of sp³-hybridized carbons (Fsp3) is 0.585. The van der Waals surface area contributed by atoms with E-state index in [9.17, 15) is 9.59 Å². The molecule has 56 heavy (non-hydrogen) atoms. The molecular formula is C41H64N6O6Si3. The van der Waals surface area contributed by atoms with E-state index >= 15 is 0 Å². The molecule has 0 saturated heterocycles. The van der Waals surface area contributed by atoms with Gasteiger partial charge in [0.05, 0.1) is 24.3 Å². The lowest BCUT2D eigenvalue weighted by Gasteiger charge is -2.38. The maximum atomic E-state index is 12.8. The van der Waals surface area contributed by atoms with Crippen molar-refractivity contribution >= 4 is 66.4 Å². The summed E-state index contributed by atoms with van der Waals surface area (Å²) in [7, 11) is -6.02. The van der Waals surface area contributed by atoms with E-state index in [0.717, 1.165) is 38.1 Å². The second-order valence-corrected chi connectivity index (χ2v) is 30.4. The van der Waals surface area contributed by atoms with Crippen LogP contribution in [0, 0.1) is 11.8 Å². The number of carbonyl (C=O) groups excluding carboxylic acids is 2. The van der Waals surface area contributed by atoms with E-state index in [1.54, 1.807) is 24.3 Å². The first-order valence-corrected chi connectivity index (χ1v) is 29.9. The molecule has 2 aliphatic rings. The SMILES string of the molecule is C[Si](C)(C)O[Si](C)(CCCNc1nc(Nc2ccc(C(=O)OCC3CCCCC3)cc2)nc(Nc2ccc(C(=O)OCC3CCCCC3)cc2)n1)O[Si](C)(C)C. The average Bonchev–Trinajstić information content (AvgIpc) is 3.14. The van der Waals surface area contributed by atoms with Crippen LogP contribution < -0.4 is 16.0 Å². The van der Waals surface area contributed by atoms with E-state index in [2.05, 4.69) is 76.7 Å². The number of anilines is 5. The van der Waals surface area contributed by atoms with Crippen LogP contribution in [0.4, 0.5) is 29.2 Å². The molecule has 12 nitrogen and oxygen atoms in total. The van der Waals surface area contributed by atoms with Crippen molar-refractivity contribution in [1.29, 1.82) is 0 Å². The first kappa shape index (κ1) is 43.5. The van der Waals surface area contributed by atoms with Gasteiger partial charge >= 0.3 is 20.5 Å². The Hall–Kier alpha value is -3.64. The predicted molar refractivity (Wildman–Crippen MR) is 231 cm³/mol. The Morgan fingerprint density at radius 3 is 1.38 bits per heavy atom. The highest BCUT2D eigenvalue weighted by atomic mass is 28.5. The number of esters is 2. The third-order valence-corrected chi connectivity index (χ3v) is 19.5. The molecule has 0 aliphatic heterocycles. The Balaban J connectivity index is 1.25. The summed E-state index contributed by atoms with van der Waals surface area (Å²) in [6.45, 7) is 17.0. The quantitative estimate of drug-likeness (QED) is 0.0601. The zero-order chi connectivity index (χ0) is 40.2. The van der Waals surface area contributed by atoms with Crippen LogP contribution in [-0.4, -0.2) is 71.8 Å². The van der Waals surface area contributed by atoms with Crippen molar-refractivity contribution in [2.45, 2.75) is 123 Å². The summed E-state index contributed by atoms with van der Waals surface area (Å²) in [5.74, 6) is 1.33. The molecule has 3 aromatic rings. The Labute approximate surface area is 337 Å². The van der Waals surface area contributed by atoms with Crippen molar-refractivity contribution in [3.8, 4) is 0 Å². The van der Waals surface area contributed by atoms with Crippen LogP contribution in [0.1, 0.15) is 91.3 Å². The Morgan fingerprint density at radius 2 is 0.982 bits per heavy atom. The summed E-state index contributed by atoms with van der Waals surface area (Å²) in [4.78, 5) is 39.6. The number of benzene rings is 2. The number of hydrogen-bond acceptors (Lipinski definition) is 12. The summed E-state index contributed by atoms with van der Waals surface area (Å²) in [5.41, 5.74) is 2.42. The van der Waals surface area contributed by atoms with E-state index in [0.29, 0.717) is 71.9 Å². The minimum absolute atomic E-state index is 0.312. The molecule has 1 aromatic heterocycles. The number of hydrogen-bond donors (Lipinski definition) is 3. The third-order valence-electron chi connectivity index (χ3n) is 9.87. The molecule has 0 bridgehead atoms. The summed E-state index contributed by atoms with van der Waals surface area (Å²) >= 11 is 0. The molecule has 306 valence electrons. The van der Waals surface area contributed by atoms with Crippen LogP contribution in [0.3, 0.4) is 0 Å². The maximum absolute atomic E-state index is 12.8. The molecule has 0 spiro atoms. The largest absolute Gasteiger partial charge is 0.462 e. The predicted octanol–water partition coefficient (Wildman–Crippen LogP) is 10.4. The zero-order valence-corrected chi connectivity index (χ0v) is 37.7. The highest BCUT2D eigenvalue weighted by Gasteiger charge is 2.39. The lowest BCUT2D eigenvalue weighted by atomic mass is 9.90. The van der Waals surface area contributed by atoms with Crippen molar-refractivity contribution in [3.05, 3.63) is 59.7 Å². The summed E-state index contributed by atoms with van der Waals surface area (Å²) < 4.78 is 24.7. The molecule has 0 atom stereocenters. The Bertz CT molecular complexity index is 1590. The van der Waals surface area contributed by atoms with Gasteiger partial charge in [-0.15, -0.1) is 0 Å². The molecule has 5 rings (SSSR count). The highest BCUT2D eigenvalue weighted by molar-refractivity contribution is 6.87. The smallest absolute Gasteiger partial charge is 0.338 e. The van der Waals surface area contributed by atoms with Gasteiger partial charge < -0.3 is 33.7 Å². The average molecular weight is 821 g/mol. The normalized spacial score (nSPS) is 15.9. The first-order chi connectivity index (χ1) is 26.6.